The zero-order valence-electron chi connectivity index (χ0n) is 9.93. The van der Waals surface area contributed by atoms with E-state index in [0.717, 1.165) is 17.7 Å². The Morgan fingerprint density at radius 2 is 2.11 bits per heavy atom. The van der Waals surface area contributed by atoms with Gasteiger partial charge in [0.15, 0.2) is 0 Å². The number of para-hydroxylation sites is 1. The van der Waals surface area contributed by atoms with E-state index in [4.69, 9.17) is 0 Å². The molecule has 0 fully saturated rings. The van der Waals surface area contributed by atoms with Crippen molar-refractivity contribution in [3.63, 3.8) is 0 Å². The quantitative estimate of drug-likeness (QED) is 0.886. The first-order valence-corrected chi connectivity index (χ1v) is 6.76. The normalized spacial score (nSPS) is 10.6. The van der Waals surface area contributed by atoms with Crippen molar-refractivity contribution in [3.8, 4) is 11.4 Å². The second-order valence-corrected chi connectivity index (χ2v) is 4.40. The summed E-state index contributed by atoms with van der Waals surface area (Å²) in [4.78, 5) is 11.9. The van der Waals surface area contributed by atoms with Crippen LogP contribution in [0.25, 0.3) is 5.69 Å². The zero-order valence-corrected chi connectivity index (χ0v) is 11.5. The minimum atomic E-state index is -0.335. The number of hydrogen-bond donors (Lipinski definition) is 1. The highest BCUT2D eigenvalue weighted by Crippen LogP contribution is 2.17. The summed E-state index contributed by atoms with van der Waals surface area (Å²) in [6.45, 7) is 2.02. The molecule has 0 spiro atoms. The zero-order chi connectivity index (χ0) is 13.1. The van der Waals surface area contributed by atoms with E-state index in [1.165, 1.54) is 10.7 Å². The van der Waals surface area contributed by atoms with E-state index in [1.807, 2.05) is 31.2 Å². The lowest BCUT2D eigenvalue weighted by atomic mass is 10.1. The first-order valence-electron chi connectivity index (χ1n) is 5.63. The first-order chi connectivity index (χ1) is 8.67. The average molecular weight is 309 g/mol. The summed E-state index contributed by atoms with van der Waals surface area (Å²) in [6.07, 6.45) is 0.814. The lowest BCUT2D eigenvalue weighted by molar-refractivity contribution is 0.460. The van der Waals surface area contributed by atoms with Gasteiger partial charge in [0.1, 0.15) is 11.4 Å². The summed E-state index contributed by atoms with van der Waals surface area (Å²) in [6, 6.07) is 8.80. The maximum atomic E-state index is 11.9. The van der Waals surface area contributed by atoms with Crippen molar-refractivity contribution in [2.45, 2.75) is 18.7 Å². The van der Waals surface area contributed by atoms with Gasteiger partial charge in [0.05, 0.1) is 11.0 Å². The number of hydrogen-bond acceptors (Lipinski definition) is 3. The molecular weight excluding hydrogens is 296 g/mol. The smallest absolute Gasteiger partial charge is 0.275 e. The highest BCUT2D eigenvalue weighted by atomic mass is 79.9. The van der Waals surface area contributed by atoms with Crippen LogP contribution in [0.1, 0.15) is 18.2 Å². The maximum absolute atomic E-state index is 11.9. The van der Waals surface area contributed by atoms with E-state index in [-0.39, 0.29) is 11.3 Å². The van der Waals surface area contributed by atoms with Crippen LogP contribution in [0.2, 0.25) is 0 Å². The van der Waals surface area contributed by atoms with Crippen LogP contribution in [-0.2, 0) is 11.8 Å². The summed E-state index contributed by atoms with van der Waals surface area (Å²) in [5.41, 5.74) is 1.91. The minimum Gasteiger partial charge on any atom is -0.506 e. The Hall–Kier alpha value is -1.62. The van der Waals surface area contributed by atoms with Crippen LogP contribution in [-0.4, -0.2) is 14.9 Å². The second kappa shape index (κ2) is 5.35. The molecule has 0 aliphatic rings. The van der Waals surface area contributed by atoms with Gasteiger partial charge in [-0.05, 0) is 18.1 Å². The van der Waals surface area contributed by atoms with Gasteiger partial charge in [-0.25, -0.2) is 0 Å². The largest absolute Gasteiger partial charge is 0.506 e. The summed E-state index contributed by atoms with van der Waals surface area (Å²) in [7, 11) is 0. The van der Waals surface area contributed by atoms with E-state index >= 15 is 0 Å². The van der Waals surface area contributed by atoms with Gasteiger partial charge in [-0.15, -0.1) is 0 Å². The van der Waals surface area contributed by atoms with Crippen molar-refractivity contribution in [2.24, 2.45) is 0 Å². The van der Waals surface area contributed by atoms with E-state index in [1.54, 1.807) is 0 Å². The summed E-state index contributed by atoms with van der Waals surface area (Å²) < 4.78 is 1.33. The molecule has 0 amide bonds. The van der Waals surface area contributed by atoms with Gasteiger partial charge in [-0.2, -0.15) is 9.78 Å². The first kappa shape index (κ1) is 12.8. The van der Waals surface area contributed by atoms with Gasteiger partial charge in [0.2, 0.25) is 0 Å². The van der Waals surface area contributed by atoms with Gasteiger partial charge in [0.25, 0.3) is 5.56 Å². The Morgan fingerprint density at radius 3 is 2.78 bits per heavy atom. The van der Waals surface area contributed by atoms with Crippen LogP contribution in [0.5, 0.6) is 5.75 Å². The molecule has 4 nitrogen and oxygen atoms in total. The third kappa shape index (κ3) is 2.31. The monoisotopic (exact) mass is 308 g/mol. The molecule has 1 N–H and O–H groups in total. The Morgan fingerprint density at radius 1 is 1.39 bits per heavy atom. The van der Waals surface area contributed by atoms with Gasteiger partial charge >= 0.3 is 0 Å². The molecule has 18 heavy (non-hydrogen) atoms. The molecule has 5 heteroatoms. The summed E-state index contributed by atoms with van der Waals surface area (Å²) >= 11 is 3.24. The lowest BCUT2D eigenvalue weighted by Crippen LogP contribution is -2.22. The molecule has 0 radical (unpaired) electrons. The van der Waals surface area contributed by atoms with E-state index in [9.17, 15) is 9.90 Å². The number of aromatic hydroxyl groups is 1. The fraction of sp³-hybridized carbons (Fsp3) is 0.231. The van der Waals surface area contributed by atoms with E-state index in [2.05, 4.69) is 21.0 Å². The second-order valence-electron chi connectivity index (χ2n) is 3.84. The number of halogens is 1. The SMILES string of the molecule is CCc1ccccc1-n1nc(CBr)c(O)cc1=O. The number of rotatable bonds is 3. The summed E-state index contributed by atoms with van der Waals surface area (Å²) in [5, 5.41) is 14.2. The molecule has 1 aromatic carbocycles. The predicted molar refractivity (Wildman–Crippen MR) is 73.5 cm³/mol. The van der Waals surface area contributed by atoms with Crippen molar-refractivity contribution in [2.75, 3.05) is 0 Å². The molecule has 1 aromatic heterocycles. The fourth-order valence-corrected chi connectivity index (χ4v) is 2.17. The van der Waals surface area contributed by atoms with Crippen molar-refractivity contribution in [1.29, 1.82) is 0 Å². The van der Waals surface area contributed by atoms with Crippen LogP contribution >= 0.6 is 15.9 Å². The average Bonchev–Trinajstić information content (AvgIpc) is 2.39. The third-order valence-electron chi connectivity index (χ3n) is 2.71. The minimum absolute atomic E-state index is 0.0814. The predicted octanol–water partition coefficient (Wildman–Crippen LogP) is 2.40. The van der Waals surface area contributed by atoms with Gasteiger partial charge in [-0.1, -0.05) is 41.1 Å². The fourth-order valence-electron chi connectivity index (χ4n) is 1.77. The van der Waals surface area contributed by atoms with Gasteiger partial charge in [-0.3, -0.25) is 4.79 Å². The molecule has 2 rings (SSSR count). The maximum Gasteiger partial charge on any atom is 0.275 e. The molecule has 0 saturated heterocycles. The van der Waals surface area contributed by atoms with Crippen molar-refractivity contribution in [1.82, 2.24) is 9.78 Å². The lowest BCUT2D eigenvalue weighted by Gasteiger charge is -2.10. The highest BCUT2D eigenvalue weighted by Gasteiger charge is 2.10. The molecule has 0 bridgehead atoms. The van der Waals surface area contributed by atoms with Crippen LogP contribution in [0.3, 0.4) is 0 Å². The molecule has 0 unspecified atom stereocenters. The Balaban J connectivity index is 2.67. The van der Waals surface area contributed by atoms with Crippen LogP contribution in [0.15, 0.2) is 35.1 Å². The molecule has 0 atom stereocenters. The van der Waals surface area contributed by atoms with E-state index in [0.29, 0.717) is 11.0 Å². The number of aromatic nitrogens is 2. The van der Waals surface area contributed by atoms with Crippen LogP contribution in [0.4, 0.5) is 0 Å². The Labute approximate surface area is 113 Å². The topological polar surface area (TPSA) is 55.1 Å². The number of nitrogens with zero attached hydrogens (tertiary/aromatic N) is 2. The van der Waals surface area contributed by atoms with Gasteiger partial charge < -0.3 is 5.11 Å². The van der Waals surface area contributed by atoms with Crippen molar-refractivity contribution >= 4 is 15.9 Å². The standard InChI is InChI=1S/C13H13BrN2O2/c1-2-9-5-3-4-6-11(9)16-13(18)7-12(17)10(8-14)15-16/h3-7,17H,2,8H2,1H3. The molecule has 0 saturated carbocycles. The molecular formula is C13H13BrN2O2. The molecule has 94 valence electrons. The van der Waals surface area contributed by atoms with Crippen LogP contribution < -0.4 is 5.56 Å². The van der Waals surface area contributed by atoms with Crippen LogP contribution in [0, 0.1) is 0 Å². The van der Waals surface area contributed by atoms with Crippen molar-refractivity contribution in [3.05, 3.63) is 51.9 Å². The summed E-state index contributed by atoms with van der Waals surface area (Å²) in [5.74, 6) is -0.0814. The number of benzene rings is 1. The third-order valence-corrected chi connectivity index (χ3v) is 3.24. The van der Waals surface area contributed by atoms with Gasteiger partial charge in [0, 0.05) is 6.07 Å². The number of alkyl halides is 1. The molecule has 0 aliphatic heterocycles. The molecule has 0 aliphatic carbocycles. The van der Waals surface area contributed by atoms with Crippen molar-refractivity contribution < 1.29 is 5.11 Å². The highest BCUT2D eigenvalue weighted by molar-refractivity contribution is 9.08. The van der Waals surface area contributed by atoms with E-state index < -0.39 is 0 Å². The molecule has 1 heterocycles. The Bertz CT molecular complexity index is 623. The Kier molecular flexibility index (Phi) is 3.81. The number of aryl methyl sites for hydroxylation is 1. The molecule has 2 aromatic rings.